The second kappa shape index (κ2) is 5.41. The highest BCUT2D eigenvalue weighted by Crippen LogP contribution is 2.31. The van der Waals surface area contributed by atoms with Gasteiger partial charge < -0.3 is 10.5 Å². The number of thioether (sulfide) groups is 1. The van der Waals surface area contributed by atoms with E-state index in [0.717, 1.165) is 16.2 Å². The van der Waals surface area contributed by atoms with Gasteiger partial charge in [-0.1, -0.05) is 18.3 Å². The van der Waals surface area contributed by atoms with Crippen LogP contribution in [-0.2, 0) is 0 Å². The Hall–Kier alpha value is -1.53. The monoisotopic (exact) mass is 279 g/mol. The number of thiocarbonyl (C=S) groups is 1. The molecule has 3 N–H and O–H groups in total. The van der Waals surface area contributed by atoms with Crippen LogP contribution in [0.2, 0.25) is 0 Å². The molecule has 1 aromatic carbocycles. The second-order valence-electron chi connectivity index (χ2n) is 3.69. The van der Waals surface area contributed by atoms with Crippen molar-refractivity contribution in [1.29, 1.82) is 0 Å². The van der Waals surface area contributed by atoms with E-state index in [4.69, 9.17) is 22.7 Å². The molecule has 4 nitrogen and oxygen atoms in total. The first-order chi connectivity index (χ1) is 8.61. The third kappa shape index (κ3) is 2.65. The zero-order chi connectivity index (χ0) is 13.1. The molecule has 1 aromatic heterocycles. The van der Waals surface area contributed by atoms with Crippen LogP contribution in [0.4, 0.5) is 0 Å². The molecule has 0 atom stereocenters. The summed E-state index contributed by atoms with van der Waals surface area (Å²) >= 11 is 6.66. The van der Waals surface area contributed by atoms with Crippen LogP contribution in [-0.4, -0.2) is 21.4 Å². The fourth-order valence-electron chi connectivity index (χ4n) is 1.57. The molecule has 6 heteroatoms. The van der Waals surface area contributed by atoms with Gasteiger partial charge in [0.15, 0.2) is 0 Å². The predicted octanol–water partition coefficient (Wildman–Crippen LogP) is 2.87. The second-order valence-corrected chi connectivity index (χ2v) is 4.98. The summed E-state index contributed by atoms with van der Waals surface area (Å²) in [5.74, 6) is 1.13. The molecular formula is C12H13N3OS2. The highest BCUT2D eigenvalue weighted by atomic mass is 32.2. The van der Waals surface area contributed by atoms with Crippen molar-refractivity contribution >= 4 is 29.0 Å². The Kier molecular flexibility index (Phi) is 3.88. The first kappa shape index (κ1) is 12.9. The van der Waals surface area contributed by atoms with E-state index in [-0.39, 0.29) is 0 Å². The highest BCUT2D eigenvalue weighted by molar-refractivity contribution is 7.98. The molecule has 1 heterocycles. The average molecular weight is 279 g/mol. The van der Waals surface area contributed by atoms with E-state index in [0.29, 0.717) is 16.6 Å². The maximum atomic E-state index is 5.76. The van der Waals surface area contributed by atoms with E-state index >= 15 is 0 Å². The van der Waals surface area contributed by atoms with Crippen molar-refractivity contribution in [3.63, 3.8) is 0 Å². The molecule has 2 aromatic rings. The Labute approximate surface area is 115 Å². The van der Waals surface area contributed by atoms with E-state index < -0.39 is 0 Å². The van der Waals surface area contributed by atoms with E-state index in [9.17, 15) is 0 Å². The zero-order valence-corrected chi connectivity index (χ0v) is 11.7. The molecule has 2 rings (SSSR count). The summed E-state index contributed by atoms with van der Waals surface area (Å²) in [5.41, 5.74) is 7.44. The van der Waals surface area contributed by atoms with Crippen LogP contribution in [0.25, 0.3) is 0 Å². The molecule has 0 fully saturated rings. The van der Waals surface area contributed by atoms with Gasteiger partial charge in [-0.05, 0) is 25.3 Å². The van der Waals surface area contributed by atoms with Gasteiger partial charge in [0.05, 0.1) is 5.56 Å². The Morgan fingerprint density at radius 3 is 2.83 bits per heavy atom. The van der Waals surface area contributed by atoms with E-state index in [1.54, 1.807) is 11.8 Å². The van der Waals surface area contributed by atoms with Crippen molar-refractivity contribution in [3.8, 4) is 11.6 Å². The van der Waals surface area contributed by atoms with Crippen molar-refractivity contribution in [2.24, 2.45) is 5.73 Å². The Bertz CT molecular complexity index is 580. The lowest BCUT2D eigenvalue weighted by Gasteiger charge is -2.11. The fourth-order valence-corrected chi connectivity index (χ4v) is 2.47. The minimum atomic E-state index is 0.321. The van der Waals surface area contributed by atoms with Crippen LogP contribution in [0.5, 0.6) is 11.6 Å². The number of hydrogen-bond acceptors (Lipinski definition) is 4. The largest absolute Gasteiger partial charge is 0.437 e. The molecule has 0 aliphatic carbocycles. The highest BCUT2D eigenvalue weighted by Gasteiger charge is 2.13. The molecule has 0 radical (unpaired) electrons. The standard InChI is InChI=1S/C12H13N3OS2/c1-7-6-10(15-14-7)16-8-4-3-5-9(18-2)11(8)12(13)17/h3-6H,1-2H3,(H2,13,17)(H,14,15). The van der Waals surface area contributed by atoms with Gasteiger partial charge in [0.1, 0.15) is 10.7 Å². The molecule has 0 amide bonds. The number of rotatable bonds is 4. The van der Waals surface area contributed by atoms with Crippen LogP contribution in [0.1, 0.15) is 11.3 Å². The Morgan fingerprint density at radius 2 is 2.28 bits per heavy atom. The molecule has 0 spiro atoms. The molecule has 94 valence electrons. The van der Waals surface area contributed by atoms with E-state index in [1.807, 2.05) is 37.4 Å². The summed E-state index contributed by atoms with van der Waals surface area (Å²) in [6.07, 6.45) is 1.97. The lowest BCUT2D eigenvalue weighted by atomic mass is 10.2. The van der Waals surface area contributed by atoms with Gasteiger partial charge >= 0.3 is 0 Å². The fraction of sp³-hybridized carbons (Fsp3) is 0.167. The number of aromatic nitrogens is 2. The van der Waals surface area contributed by atoms with Crippen LogP contribution >= 0.6 is 24.0 Å². The SMILES string of the molecule is CSc1cccc(Oc2cc(C)[nH]n2)c1C(N)=S. The molecule has 0 saturated carbocycles. The van der Waals surface area contributed by atoms with Gasteiger partial charge in [-0.2, -0.15) is 0 Å². The maximum absolute atomic E-state index is 5.76. The first-order valence-electron chi connectivity index (χ1n) is 5.28. The van der Waals surface area contributed by atoms with Gasteiger partial charge in [0, 0.05) is 16.7 Å². The first-order valence-corrected chi connectivity index (χ1v) is 6.91. The molecule has 18 heavy (non-hydrogen) atoms. The van der Waals surface area contributed by atoms with Gasteiger partial charge in [0.2, 0.25) is 5.88 Å². The number of hydrogen-bond donors (Lipinski definition) is 2. The van der Waals surface area contributed by atoms with Gasteiger partial charge in [-0.3, -0.25) is 5.10 Å². The topological polar surface area (TPSA) is 63.9 Å². The summed E-state index contributed by atoms with van der Waals surface area (Å²) in [7, 11) is 0. The summed E-state index contributed by atoms with van der Waals surface area (Å²) < 4.78 is 5.71. The van der Waals surface area contributed by atoms with E-state index in [1.165, 1.54) is 0 Å². The molecule has 0 bridgehead atoms. The van der Waals surface area contributed by atoms with Gasteiger partial charge in [0.25, 0.3) is 0 Å². The van der Waals surface area contributed by atoms with Crippen molar-refractivity contribution in [2.75, 3.05) is 6.26 Å². The predicted molar refractivity (Wildman–Crippen MR) is 77.5 cm³/mol. The molecule has 0 saturated heterocycles. The number of nitrogens with one attached hydrogen (secondary N) is 1. The minimum absolute atomic E-state index is 0.321. The number of aromatic amines is 1. The number of H-pyrrole nitrogens is 1. The number of nitrogens with zero attached hydrogens (tertiary/aromatic N) is 1. The van der Waals surface area contributed by atoms with Crippen LogP contribution in [0.3, 0.4) is 0 Å². The van der Waals surface area contributed by atoms with Crippen LogP contribution < -0.4 is 10.5 Å². The Balaban J connectivity index is 2.41. The molecule has 0 aliphatic heterocycles. The number of nitrogens with two attached hydrogens (primary N) is 1. The van der Waals surface area contributed by atoms with Crippen LogP contribution in [0.15, 0.2) is 29.2 Å². The van der Waals surface area contributed by atoms with Crippen molar-refractivity contribution in [1.82, 2.24) is 10.2 Å². The molecule has 0 unspecified atom stereocenters. The summed E-state index contributed by atoms with van der Waals surface area (Å²) in [4.78, 5) is 1.31. The summed E-state index contributed by atoms with van der Waals surface area (Å²) in [5, 5.41) is 6.85. The number of ether oxygens (including phenoxy) is 1. The van der Waals surface area contributed by atoms with Gasteiger partial charge in [-0.15, -0.1) is 16.9 Å². The minimum Gasteiger partial charge on any atom is -0.437 e. The maximum Gasteiger partial charge on any atom is 0.238 e. The van der Waals surface area contributed by atoms with Crippen LogP contribution in [0, 0.1) is 6.92 Å². The smallest absolute Gasteiger partial charge is 0.238 e. The number of benzene rings is 1. The van der Waals surface area contributed by atoms with Crippen molar-refractivity contribution in [2.45, 2.75) is 11.8 Å². The lowest BCUT2D eigenvalue weighted by molar-refractivity contribution is 0.459. The van der Waals surface area contributed by atoms with E-state index in [2.05, 4.69) is 10.2 Å². The average Bonchev–Trinajstić information content (AvgIpc) is 2.74. The quantitative estimate of drug-likeness (QED) is 0.665. The van der Waals surface area contributed by atoms with Crippen molar-refractivity contribution in [3.05, 3.63) is 35.5 Å². The molecular weight excluding hydrogens is 266 g/mol. The summed E-state index contributed by atoms with van der Waals surface area (Å²) in [6, 6.07) is 7.51. The molecule has 0 aliphatic rings. The van der Waals surface area contributed by atoms with Gasteiger partial charge in [-0.25, -0.2) is 0 Å². The summed E-state index contributed by atoms with van der Waals surface area (Å²) in [6.45, 7) is 1.91. The zero-order valence-electron chi connectivity index (χ0n) is 10.1. The third-order valence-electron chi connectivity index (χ3n) is 2.35. The number of aryl methyl sites for hydroxylation is 1. The Morgan fingerprint density at radius 1 is 1.50 bits per heavy atom. The third-order valence-corrected chi connectivity index (χ3v) is 3.34. The lowest BCUT2D eigenvalue weighted by Crippen LogP contribution is -2.12. The normalized spacial score (nSPS) is 10.3. The van der Waals surface area contributed by atoms with Crippen molar-refractivity contribution < 1.29 is 4.74 Å².